The first kappa shape index (κ1) is 11.3. The molecule has 0 saturated carbocycles. The highest BCUT2D eigenvalue weighted by atomic mass is 32.2. The maximum Gasteiger partial charge on any atom is 0.294 e. The first-order chi connectivity index (χ1) is 6.41. The van der Waals surface area contributed by atoms with Crippen LogP contribution in [0.25, 0.3) is 0 Å². The van der Waals surface area contributed by atoms with Gasteiger partial charge in [0.15, 0.2) is 11.1 Å². The molecule has 1 unspecified atom stereocenters. The Balaban J connectivity index is 3.23. The molecule has 1 aromatic carbocycles. The summed E-state index contributed by atoms with van der Waals surface area (Å²) in [6, 6.07) is 5.50. The van der Waals surface area contributed by atoms with E-state index in [4.69, 9.17) is 9.11 Å². The second kappa shape index (κ2) is 4.18. The first-order valence-electron chi connectivity index (χ1n) is 3.54. The van der Waals surface area contributed by atoms with Crippen molar-refractivity contribution in [3.05, 3.63) is 29.8 Å². The van der Waals surface area contributed by atoms with Crippen LogP contribution in [0.4, 0.5) is 0 Å². The molecule has 0 aliphatic heterocycles. The molecule has 5 nitrogen and oxygen atoms in total. The fourth-order valence-corrected chi connectivity index (χ4v) is 2.34. The van der Waals surface area contributed by atoms with Crippen molar-refractivity contribution >= 4 is 21.2 Å². The summed E-state index contributed by atoms with van der Waals surface area (Å²) >= 11 is -2.14. The van der Waals surface area contributed by atoms with E-state index in [1.54, 1.807) is 0 Å². The van der Waals surface area contributed by atoms with Crippen molar-refractivity contribution in [3.8, 4) is 0 Å². The van der Waals surface area contributed by atoms with E-state index in [0.717, 1.165) is 0 Å². The van der Waals surface area contributed by atoms with Gasteiger partial charge in [-0.2, -0.15) is 8.42 Å². The highest BCUT2D eigenvalue weighted by Crippen LogP contribution is 2.16. The molecule has 1 atom stereocenters. The third kappa shape index (κ3) is 2.88. The Hall–Kier alpha value is -0.760. The molecular formula is C7H8O5S2. The van der Waals surface area contributed by atoms with Crippen molar-refractivity contribution < 1.29 is 21.7 Å². The average molecular weight is 236 g/mol. The topological polar surface area (TPSA) is 91.7 Å². The molecule has 78 valence electrons. The van der Waals surface area contributed by atoms with Crippen LogP contribution in [-0.2, 0) is 27.0 Å². The molecule has 0 radical (unpaired) electrons. The largest absolute Gasteiger partial charge is 0.306 e. The summed E-state index contributed by atoms with van der Waals surface area (Å²) in [4.78, 5) is -0.331. The molecule has 2 N–H and O–H groups in total. The molecule has 0 bridgehead atoms. The van der Waals surface area contributed by atoms with Gasteiger partial charge in [-0.15, -0.1) is 0 Å². The molecular weight excluding hydrogens is 228 g/mol. The molecule has 0 fully saturated rings. The molecule has 0 aliphatic carbocycles. The van der Waals surface area contributed by atoms with Gasteiger partial charge in [0.25, 0.3) is 10.1 Å². The van der Waals surface area contributed by atoms with E-state index in [2.05, 4.69) is 0 Å². The predicted molar refractivity (Wildman–Crippen MR) is 50.7 cm³/mol. The molecule has 1 rings (SSSR count). The smallest absolute Gasteiger partial charge is 0.294 e. The highest BCUT2D eigenvalue weighted by Gasteiger charge is 2.15. The summed E-state index contributed by atoms with van der Waals surface area (Å²) in [5, 5.41) is 0. The number of hydrogen-bond donors (Lipinski definition) is 2. The quantitative estimate of drug-likeness (QED) is 0.594. The van der Waals surface area contributed by atoms with Gasteiger partial charge in [0, 0.05) is 0 Å². The normalized spacial score (nSPS) is 13.9. The van der Waals surface area contributed by atoms with Crippen LogP contribution in [0.1, 0.15) is 5.56 Å². The molecule has 14 heavy (non-hydrogen) atoms. The van der Waals surface area contributed by atoms with E-state index in [1.807, 2.05) is 0 Å². The van der Waals surface area contributed by atoms with E-state index in [-0.39, 0.29) is 16.2 Å². The zero-order valence-electron chi connectivity index (χ0n) is 6.95. The highest BCUT2D eigenvalue weighted by molar-refractivity contribution is 7.86. The minimum absolute atomic E-state index is 0.121. The molecule has 0 saturated heterocycles. The van der Waals surface area contributed by atoms with Crippen molar-refractivity contribution in [2.45, 2.75) is 10.6 Å². The number of rotatable bonds is 3. The van der Waals surface area contributed by atoms with Gasteiger partial charge in [-0.3, -0.25) is 4.55 Å². The Morgan fingerprint density at radius 2 is 1.86 bits per heavy atom. The SMILES string of the molecule is O=S(O)Cc1ccccc1S(=O)(=O)O. The van der Waals surface area contributed by atoms with Crippen LogP contribution in [-0.4, -0.2) is 21.7 Å². The average Bonchev–Trinajstić information content (AvgIpc) is 2.01. The number of hydrogen-bond acceptors (Lipinski definition) is 3. The van der Waals surface area contributed by atoms with Gasteiger partial charge in [-0.05, 0) is 11.6 Å². The van der Waals surface area contributed by atoms with Crippen LogP contribution in [0.3, 0.4) is 0 Å². The van der Waals surface area contributed by atoms with Gasteiger partial charge < -0.3 is 4.55 Å². The fourth-order valence-electron chi connectivity index (χ4n) is 1.01. The summed E-state index contributed by atoms with van der Waals surface area (Å²) in [7, 11) is -4.32. The zero-order chi connectivity index (χ0) is 10.8. The van der Waals surface area contributed by atoms with Crippen LogP contribution in [0.5, 0.6) is 0 Å². The van der Waals surface area contributed by atoms with Crippen LogP contribution in [0, 0.1) is 0 Å². The maximum absolute atomic E-state index is 10.8. The van der Waals surface area contributed by atoms with E-state index >= 15 is 0 Å². The lowest BCUT2D eigenvalue weighted by Crippen LogP contribution is -2.04. The predicted octanol–water partition coefficient (Wildman–Crippen LogP) is 0.655. The zero-order valence-corrected chi connectivity index (χ0v) is 8.59. The molecule has 1 aromatic rings. The van der Waals surface area contributed by atoms with E-state index in [9.17, 15) is 12.6 Å². The van der Waals surface area contributed by atoms with Crippen molar-refractivity contribution in [2.75, 3.05) is 0 Å². The van der Waals surface area contributed by atoms with E-state index in [1.165, 1.54) is 24.3 Å². The Morgan fingerprint density at radius 3 is 2.36 bits per heavy atom. The Bertz CT molecular complexity index is 451. The lowest BCUT2D eigenvalue weighted by Gasteiger charge is -2.03. The summed E-state index contributed by atoms with van der Waals surface area (Å²) in [5.74, 6) is -0.323. The monoisotopic (exact) mass is 236 g/mol. The van der Waals surface area contributed by atoms with Crippen LogP contribution < -0.4 is 0 Å². The van der Waals surface area contributed by atoms with Crippen LogP contribution in [0.15, 0.2) is 29.2 Å². The van der Waals surface area contributed by atoms with Crippen LogP contribution in [0.2, 0.25) is 0 Å². The molecule has 0 aromatic heterocycles. The maximum atomic E-state index is 10.8. The van der Waals surface area contributed by atoms with Gasteiger partial charge in [-0.25, -0.2) is 4.21 Å². The molecule has 0 amide bonds. The second-order valence-electron chi connectivity index (χ2n) is 2.55. The third-order valence-electron chi connectivity index (χ3n) is 1.53. The summed E-state index contributed by atoms with van der Waals surface area (Å²) < 4.78 is 49.5. The van der Waals surface area contributed by atoms with Crippen LogP contribution >= 0.6 is 0 Å². The summed E-state index contributed by atoms with van der Waals surface area (Å²) in [6.07, 6.45) is 0. The van der Waals surface area contributed by atoms with Gasteiger partial charge >= 0.3 is 0 Å². The molecule has 0 aliphatic rings. The van der Waals surface area contributed by atoms with E-state index in [0.29, 0.717) is 0 Å². The minimum atomic E-state index is -4.32. The van der Waals surface area contributed by atoms with Crippen molar-refractivity contribution in [2.24, 2.45) is 0 Å². The van der Waals surface area contributed by atoms with Gasteiger partial charge in [0.1, 0.15) is 0 Å². The Morgan fingerprint density at radius 1 is 1.29 bits per heavy atom. The Kier molecular flexibility index (Phi) is 3.38. The van der Waals surface area contributed by atoms with Gasteiger partial charge in [0.05, 0.1) is 10.6 Å². The molecule has 0 heterocycles. The lowest BCUT2D eigenvalue weighted by molar-refractivity contribution is 0.482. The minimum Gasteiger partial charge on any atom is -0.306 e. The van der Waals surface area contributed by atoms with Crippen molar-refractivity contribution in [1.82, 2.24) is 0 Å². The van der Waals surface area contributed by atoms with Crippen molar-refractivity contribution in [1.29, 1.82) is 0 Å². The third-order valence-corrected chi connectivity index (χ3v) is 3.04. The standard InChI is InChI=1S/C7H8O5S2/c8-13(9)5-6-3-1-2-4-7(6)14(10,11)12/h1-4H,5H2,(H,8,9)(H,10,11,12). The fraction of sp³-hybridized carbons (Fsp3) is 0.143. The molecule has 0 spiro atoms. The summed E-state index contributed by atoms with van der Waals surface area (Å²) in [5.41, 5.74) is 0.121. The van der Waals surface area contributed by atoms with Gasteiger partial charge in [-0.1, -0.05) is 18.2 Å². The van der Waals surface area contributed by atoms with Crippen molar-refractivity contribution in [3.63, 3.8) is 0 Å². The first-order valence-corrected chi connectivity index (χ1v) is 6.25. The summed E-state index contributed by atoms with van der Waals surface area (Å²) in [6.45, 7) is 0. The van der Waals surface area contributed by atoms with E-state index < -0.39 is 21.2 Å². The molecule has 7 heteroatoms. The van der Waals surface area contributed by atoms with Gasteiger partial charge in [0.2, 0.25) is 0 Å². The lowest BCUT2D eigenvalue weighted by atomic mass is 10.2. The Labute approximate surface area is 83.8 Å². The second-order valence-corrected chi connectivity index (χ2v) is 4.87. The number of benzene rings is 1.